The minimum Gasteiger partial charge on any atom is -0.350 e. The SMILES string of the molecule is FC(F)(F)c1ccnc(NC2CCCN(Cc3ccc(Br)cn3)C2)n1. The van der Waals surface area contributed by atoms with E-state index in [0.29, 0.717) is 13.1 Å². The number of pyridine rings is 1. The maximum atomic E-state index is 12.7. The molecular weight excluding hydrogens is 399 g/mol. The van der Waals surface area contributed by atoms with E-state index in [2.05, 4.69) is 41.1 Å². The Morgan fingerprint density at radius 2 is 2.08 bits per heavy atom. The van der Waals surface area contributed by atoms with Gasteiger partial charge in [0, 0.05) is 36.0 Å². The molecule has 0 bridgehead atoms. The van der Waals surface area contributed by atoms with Crippen LogP contribution in [0.1, 0.15) is 24.2 Å². The van der Waals surface area contributed by atoms with Gasteiger partial charge in [-0.25, -0.2) is 9.97 Å². The Morgan fingerprint density at radius 3 is 2.80 bits per heavy atom. The summed E-state index contributed by atoms with van der Waals surface area (Å²) < 4.78 is 39.2. The summed E-state index contributed by atoms with van der Waals surface area (Å²) in [4.78, 5) is 14.1. The van der Waals surface area contributed by atoms with Gasteiger partial charge < -0.3 is 5.32 Å². The third-order valence-corrected chi connectivity index (χ3v) is 4.43. The van der Waals surface area contributed by atoms with Crippen molar-refractivity contribution in [2.24, 2.45) is 0 Å². The first kappa shape index (κ1) is 18.1. The lowest BCUT2D eigenvalue weighted by molar-refractivity contribution is -0.141. The van der Waals surface area contributed by atoms with E-state index in [0.717, 1.165) is 41.8 Å². The van der Waals surface area contributed by atoms with Gasteiger partial charge in [-0.15, -0.1) is 0 Å². The number of halogens is 4. The molecule has 1 aliphatic rings. The maximum absolute atomic E-state index is 12.7. The van der Waals surface area contributed by atoms with Crippen LogP contribution in [-0.4, -0.2) is 39.0 Å². The second-order valence-electron chi connectivity index (χ2n) is 5.95. The van der Waals surface area contributed by atoms with E-state index in [1.165, 1.54) is 0 Å². The number of nitrogens with one attached hydrogen (secondary N) is 1. The number of rotatable bonds is 4. The number of nitrogens with zero attached hydrogens (tertiary/aromatic N) is 4. The van der Waals surface area contributed by atoms with Crippen molar-refractivity contribution < 1.29 is 13.2 Å². The second kappa shape index (κ2) is 7.65. The molecule has 0 radical (unpaired) electrons. The summed E-state index contributed by atoms with van der Waals surface area (Å²) in [6.07, 6.45) is 0.234. The van der Waals surface area contributed by atoms with Crippen molar-refractivity contribution >= 4 is 21.9 Å². The van der Waals surface area contributed by atoms with Gasteiger partial charge in [0.05, 0.1) is 5.69 Å². The van der Waals surface area contributed by atoms with E-state index >= 15 is 0 Å². The molecule has 9 heteroatoms. The number of alkyl halides is 3. The number of likely N-dealkylation sites (tertiary alicyclic amines) is 1. The zero-order valence-corrected chi connectivity index (χ0v) is 14.9. The molecule has 0 aromatic carbocycles. The number of hydrogen-bond acceptors (Lipinski definition) is 5. The number of anilines is 1. The highest BCUT2D eigenvalue weighted by Crippen LogP contribution is 2.27. The average molecular weight is 416 g/mol. The van der Waals surface area contributed by atoms with Crippen molar-refractivity contribution in [3.05, 3.63) is 46.5 Å². The lowest BCUT2D eigenvalue weighted by atomic mass is 10.1. The summed E-state index contributed by atoms with van der Waals surface area (Å²) in [5.74, 6) is 0.0171. The minimum atomic E-state index is -4.47. The standard InChI is InChI=1S/C16H17BrF3N5/c17-11-3-4-12(22-8-11)9-25-7-1-2-13(10-25)23-15-21-6-5-14(24-15)16(18,19)20/h3-6,8,13H,1-2,7,9-10H2,(H,21,23,24). The van der Waals surface area contributed by atoms with Crippen LogP contribution in [0, 0.1) is 0 Å². The Balaban J connectivity index is 1.61. The monoisotopic (exact) mass is 415 g/mol. The molecule has 5 nitrogen and oxygen atoms in total. The first-order valence-electron chi connectivity index (χ1n) is 7.90. The molecule has 134 valence electrons. The summed E-state index contributed by atoms with van der Waals surface area (Å²) in [5.41, 5.74) is 0.0240. The minimum absolute atomic E-state index is 0.00711. The zero-order valence-electron chi connectivity index (χ0n) is 13.3. The molecule has 3 rings (SSSR count). The molecule has 1 fully saturated rings. The molecule has 3 heterocycles. The second-order valence-corrected chi connectivity index (χ2v) is 6.87. The molecule has 0 spiro atoms. The molecule has 1 saturated heterocycles. The highest BCUT2D eigenvalue weighted by Gasteiger charge is 2.33. The fourth-order valence-corrected chi connectivity index (χ4v) is 3.05. The summed E-state index contributed by atoms with van der Waals surface area (Å²) >= 11 is 3.36. The van der Waals surface area contributed by atoms with Gasteiger partial charge in [0.2, 0.25) is 5.95 Å². The predicted octanol–water partition coefficient (Wildman–Crippen LogP) is 3.73. The largest absolute Gasteiger partial charge is 0.433 e. The molecule has 0 aliphatic carbocycles. The molecule has 2 aromatic heterocycles. The molecule has 1 atom stereocenters. The third kappa shape index (κ3) is 5.12. The normalized spacial score (nSPS) is 19.0. The summed E-state index contributed by atoms with van der Waals surface area (Å²) in [6.45, 7) is 2.34. The van der Waals surface area contributed by atoms with Gasteiger partial charge in [0.1, 0.15) is 5.69 Å². The lowest BCUT2D eigenvalue weighted by Crippen LogP contribution is -2.42. The van der Waals surface area contributed by atoms with E-state index in [1.807, 2.05) is 12.1 Å². The van der Waals surface area contributed by atoms with Crippen molar-refractivity contribution in [2.45, 2.75) is 31.6 Å². The predicted molar refractivity (Wildman–Crippen MR) is 90.9 cm³/mol. The van der Waals surface area contributed by atoms with Crippen molar-refractivity contribution in [3.63, 3.8) is 0 Å². The van der Waals surface area contributed by atoms with Gasteiger partial charge in [-0.3, -0.25) is 9.88 Å². The van der Waals surface area contributed by atoms with Crippen molar-refractivity contribution in [1.29, 1.82) is 0 Å². The summed E-state index contributed by atoms with van der Waals surface area (Å²) in [5, 5.41) is 3.03. The van der Waals surface area contributed by atoms with E-state index in [4.69, 9.17) is 0 Å². The lowest BCUT2D eigenvalue weighted by Gasteiger charge is -2.32. The van der Waals surface area contributed by atoms with Crippen molar-refractivity contribution in [3.8, 4) is 0 Å². The van der Waals surface area contributed by atoms with Gasteiger partial charge >= 0.3 is 6.18 Å². The molecule has 1 N–H and O–H groups in total. The Hall–Kier alpha value is -1.74. The summed E-state index contributed by atoms with van der Waals surface area (Å²) in [7, 11) is 0. The number of piperidine rings is 1. The van der Waals surface area contributed by atoms with Gasteiger partial charge in [-0.1, -0.05) is 0 Å². The van der Waals surface area contributed by atoms with Crippen LogP contribution in [0.4, 0.5) is 19.1 Å². The quantitative estimate of drug-likeness (QED) is 0.824. The molecule has 1 unspecified atom stereocenters. The van der Waals surface area contributed by atoms with E-state index in [1.54, 1.807) is 6.20 Å². The Labute approximate surface area is 151 Å². The molecule has 0 amide bonds. The molecular formula is C16H17BrF3N5. The number of hydrogen-bond donors (Lipinski definition) is 1. The van der Waals surface area contributed by atoms with Crippen LogP contribution in [0.5, 0.6) is 0 Å². The van der Waals surface area contributed by atoms with Crippen LogP contribution in [0.3, 0.4) is 0 Å². The summed E-state index contributed by atoms with van der Waals surface area (Å²) in [6, 6.07) is 4.78. The Morgan fingerprint density at radius 1 is 1.24 bits per heavy atom. The molecule has 0 saturated carbocycles. The maximum Gasteiger partial charge on any atom is 0.433 e. The molecule has 25 heavy (non-hydrogen) atoms. The van der Waals surface area contributed by atoms with Gasteiger partial charge in [-0.05, 0) is 53.5 Å². The van der Waals surface area contributed by atoms with Crippen LogP contribution in [0.15, 0.2) is 35.1 Å². The van der Waals surface area contributed by atoms with Crippen LogP contribution in [-0.2, 0) is 12.7 Å². The molecule has 2 aromatic rings. The van der Waals surface area contributed by atoms with E-state index in [-0.39, 0.29) is 12.0 Å². The Bertz CT molecular complexity index is 708. The Kier molecular flexibility index (Phi) is 5.53. The van der Waals surface area contributed by atoms with Crippen molar-refractivity contribution in [1.82, 2.24) is 19.9 Å². The third-order valence-electron chi connectivity index (χ3n) is 3.96. The van der Waals surface area contributed by atoms with Crippen LogP contribution < -0.4 is 5.32 Å². The number of aromatic nitrogens is 3. The fraction of sp³-hybridized carbons (Fsp3) is 0.438. The fourth-order valence-electron chi connectivity index (χ4n) is 2.81. The highest BCUT2D eigenvalue weighted by molar-refractivity contribution is 9.10. The molecule has 1 aliphatic heterocycles. The van der Waals surface area contributed by atoms with Crippen LogP contribution in [0.25, 0.3) is 0 Å². The van der Waals surface area contributed by atoms with Gasteiger partial charge in [0.15, 0.2) is 0 Å². The van der Waals surface area contributed by atoms with E-state index < -0.39 is 11.9 Å². The topological polar surface area (TPSA) is 53.9 Å². The van der Waals surface area contributed by atoms with Gasteiger partial charge in [0.25, 0.3) is 0 Å². The smallest absolute Gasteiger partial charge is 0.350 e. The van der Waals surface area contributed by atoms with Crippen molar-refractivity contribution in [2.75, 3.05) is 18.4 Å². The average Bonchev–Trinajstić information content (AvgIpc) is 2.57. The van der Waals surface area contributed by atoms with Gasteiger partial charge in [-0.2, -0.15) is 13.2 Å². The van der Waals surface area contributed by atoms with E-state index in [9.17, 15) is 13.2 Å². The van der Waals surface area contributed by atoms with Crippen LogP contribution in [0.2, 0.25) is 0 Å². The zero-order chi connectivity index (χ0) is 17.9. The highest BCUT2D eigenvalue weighted by atomic mass is 79.9. The first-order valence-corrected chi connectivity index (χ1v) is 8.69. The van der Waals surface area contributed by atoms with Crippen LogP contribution >= 0.6 is 15.9 Å². The first-order chi connectivity index (χ1) is 11.9.